The Morgan fingerprint density at radius 1 is 1.39 bits per heavy atom. The Morgan fingerprint density at radius 3 is 2.83 bits per heavy atom. The van der Waals surface area contributed by atoms with E-state index in [0.717, 1.165) is 5.56 Å². The molecule has 7 nitrogen and oxygen atoms in total. The highest BCUT2D eigenvalue weighted by Gasteiger charge is 2.34. The van der Waals surface area contributed by atoms with Gasteiger partial charge in [-0.05, 0) is 24.6 Å². The average molecular weight is 317 g/mol. The summed E-state index contributed by atoms with van der Waals surface area (Å²) in [6.07, 6.45) is 0. The highest BCUT2D eigenvalue weighted by atomic mass is 16.5. The first-order chi connectivity index (χ1) is 10.9. The van der Waals surface area contributed by atoms with Gasteiger partial charge in [0.25, 0.3) is 5.91 Å². The van der Waals surface area contributed by atoms with E-state index in [0.29, 0.717) is 24.5 Å². The zero-order valence-corrected chi connectivity index (χ0v) is 13.1. The lowest BCUT2D eigenvalue weighted by Gasteiger charge is -2.38. The predicted octanol–water partition coefficient (Wildman–Crippen LogP) is 0.673. The van der Waals surface area contributed by atoms with E-state index >= 15 is 0 Å². The van der Waals surface area contributed by atoms with Crippen LogP contribution < -0.4 is 15.4 Å². The van der Waals surface area contributed by atoms with Gasteiger partial charge >= 0.3 is 0 Å². The summed E-state index contributed by atoms with van der Waals surface area (Å²) in [7, 11) is 0. The van der Waals surface area contributed by atoms with E-state index in [4.69, 9.17) is 4.74 Å². The number of ether oxygens (including phenoxy) is 1. The van der Waals surface area contributed by atoms with E-state index in [2.05, 4.69) is 10.6 Å². The summed E-state index contributed by atoms with van der Waals surface area (Å²) in [5.41, 5.74) is 1.50. The van der Waals surface area contributed by atoms with Gasteiger partial charge in [-0.15, -0.1) is 0 Å². The fourth-order valence-corrected chi connectivity index (χ4v) is 2.69. The van der Waals surface area contributed by atoms with Crippen LogP contribution in [0.5, 0.6) is 5.75 Å². The molecule has 1 saturated heterocycles. The molecule has 2 heterocycles. The van der Waals surface area contributed by atoms with E-state index < -0.39 is 0 Å². The molecule has 0 aromatic heterocycles. The van der Waals surface area contributed by atoms with Gasteiger partial charge in [-0.3, -0.25) is 14.4 Å². The Hall–Kier alpha value is -2.57. The third-order valence-corrected chi connectivity index (χ3v) is 4.19. The molecular weight excluding hydrogens is 298 g/mol. The topological polar surface area (TPSA) is 87.7 Å². The normalized spacial score (nSPS) is 18.2. The summed E-state index contributed by atoms with van der Waals surface area (Å²) >= 11 is 0. The number of anilines is 1. The maximum atomic E-state index is 12.2. The average Bonchev–Trinajstić information content (AvgIpc) is 2.44. The molecule has 3 rings (SSSR count). The molecule has 1 aromatic rings. The molecule has 1 unspecified atom stereocenters. The number of hydrogen-bond acceptors (Lipinski definition) is 4. The molecule has 2 N–H and O–H groups in total. The van der Waals surface area contributed by atoms with Crippen LogP contribution in [0.3, 0.4) is 0 Å². The van der Waals surface area contributed by atoms with Crippen molar-refractivity contribution < 1.29 is 19.1 Å². The van der Waals surface area contributed by atoms with Crippen LogP contribution in [0.2, 0.25) is 0 Å². The van der Waals surface area contributed by atoms with Crippen LogP contribution in [0.25, 0.3) is 0 Å². The molecule has 122 valence electrons. The molecule has 0 spiro atoms. The maximum absolute atomic E-state index is 12.2. The van der Waals surface area contributed by atoms with Gasteiger partial charge in [0.05, 0.1) is 17.6 Å². The third-order valence-electron chi connectivity index (χ3n) is 4.19. The van der Waals surface area contributed by atoms with E-state index in [9.17, 15) is 14.4 Å². The number of likely N-dealkylation sites (tertiary alicyclic amines) is 1. The second-order valence-corrected chi connectivity index (χ2v) is 5.94. The molecule has 7 heteroatoms. The van der Waals surface area contributed by atoms with E-state index in [1.165, 1.54) is 6.92 Å². The lowest BCUT2D eigenvalue weighted by Crippen LogP contribution is -2.55. The maximum Gasteiger partial charge on any atom is 0.262 e. The predicted molar refractivity (Wildman–Crippen MR) is 82.9 cm³/mol. The fourth-order valence-electron chi connectivity index (χ4n) is 2.69. The van der Waals surface area contributed by atoms with Crippen LogP contribution in [-0.2, 0) is 14.4 Å². The van der Waals surface area contributed by atoms with Crippen molar-refractivity contribution in [3.8, 4) is 5.75 Å². The number of carbonyl (C=O) groups is 3. The van der Waals surface area contributed by atoms with Crippen LogP contribution in [0, 0.1) is 5.92 Å². The summed E-state index contributed by atoms with van der Waals surface area (Å²) in [6.45, 7) is 4.35. The molecule has 23 heavy (non-hydrogen) atoms. The Labute approximate surface area is 134 Å². The smallest absolute Gasteiger partial charge is 0.262 e. The van der Waals surface area contributed by atoms with Gasteiger partial charge in [0, 0.05) is 20.0 Å². The number of benzene rings is 1. The molecular formula is C16H19N3O4. The van der Waals surface area contributed by atoms with Crippen LogP contribution in [0.15, 0.2) is 18.2 Å². The summed E-state index contributed by atoms with van der Waals surface area (Å²) in [5.74, 6) is 0.218. The number of hydrogen-bond donors (Lipinski definition) is 2. The van der Waals surface area contributed by atoms with Gasteiger partial charge in [-0.25, -0.2) is 0 Å². The van der Waals surface area contributed by atoms with Crippen molar-refractivity contribution in [2.45, 2.75) is 19.9 Å². The van der Waals surface area contributed by atoms with Crippen LogP contribution >= 0.6 is 0 Å². The number of nitrogens with one attached hydrogen (secondary N) is 2. The van der Waals surface area contributed by atoms with Crippen molar-refractivity contribution >= 4 is 23.4 Å². The zero-order valence-electron chi connectivity index (χ0n) is 13.1. The quantitative estimate of drug-likeness (QED) is 0.858. The van der Waals surface area contributed by atoms with Gasteiger partial charge in [-0.1, -0.05) is 6.07 Å². The minimum absolute atomic E-state index is 0.00692. The lowest BCUT2D eigenvalue weighted by molar-refractivity contribution is -0.141. The monoisotopic (exact) mass is 317 g/mol. The van der Waals surface area contributed by atoms with Gasteiger partial charge in [-0.2, -0.15) is 0 Å². The van der Waals surface area contributed by atoms with Crippen molar-refractivity contribution in [2.75, 3.05) is 25.0 Å². The van der Waals surface area contributed by atoms with Crippen molar-refractivity contribution in [3.05, 3.63) is 23.8 Å². The van der Waals surface area contributed by atoms with Gasteiger partial charge in [0.2, 0.25) is 11.8 Å². The minimum Gasteiger partial charge on any atom is -0.482 e. The number of fused-ring (bicyclic) bond motifs is 1. The molecule has 2 aliphatic heterocycles. The Balaban J connectivity index is 1.61. The molecule has 1 atom stereocenters. The van der Waals surface area contributed by atoms with Gasteiger partial charge in [0.15, 0.2) is 6.61 Å². The van der Waals surface area contributed by atoms with Crippen LogP contribution in [0.1, 0.15) is 25.5 Å². The summed E-state index contributed by atoms with van der Waals surface area (Å²) < 4.78 is 5.31. The van der Waals surface area contributed by atoms with E-state index in [1.807, 2.05) is 13.0 Å². The first-order valence-electron chi connectivity index (χ1n) is 7.56. The SMILES string of the molecule is CC(=O)N1CC(C(=O)NC(C)c2ccc3c(c2)NC(=O)CO3)C1. The second kappa shape index (κ2) is 5.91. The first kappa shape index (κ1) is 15.3. The summed E-state index contributed by atoms with van der Waals surface area (Å²) in [5, 5.41) is 5.70. The third kappa shape index (κ3) is 3.13. The molecule has 0 saturated carbocycles. The van der Waals surface area contributed by atoms with Crippen molar-refractivity contribution in [3.63, 3.8) is 0 Å². The molecule has 3 amide bonds. The fraction of sp³-hybridized carbons (Fsp3) is 0.438. The number of nitrogens with zero attached hydrogens (tertiary/aromatic N) is 1. The molecule has 0 radical (unpaired) electrons. The Kier molecular flexibility index (Phi) is 3.94. The Morgan fingerprint density at radius 2 is 2.13 bits per heavy atom. The Bertz CT molecular complexity index is 667. The van der Waals surface area contributed by atoms with E-state index in [-0.39, 0.29) is 36.3 Å². The van der Waals surface area contributed by atoms with E-state index in [1.54, 1.807) is 17.0 Å². The van der Waals surface area contributed by atoms with Crippen LogP contribution in [0.4, 0.5) is 5.69 Å². The number of rotatable bonds is 3. The highest BCUT2D eigenvalue weighted by Crippen LogP contribution is 2.30. The van der Waals surface area contributed by atoms with Crippen LogP contribution in [-0.4, -0.2) is 42.3 Å². The van der Waals surface area contributed by atoms with Crippen molar-refractivity contribution in [2.24, 2.45) is 5.92 Å². The largest absolute Gasteiger partial charge is 0.482 e. The van der Waals surface area contributed by atoms with Gasteiger partial charge in [0.1, 0.15) is 5.75 Å². The zero-order chi connectivity index (χ0) is 16.6. The minimum atomic E-state index is -0.196. The molecule has 1 fully saturated rings. The molecule has 0 bridgehead atoms. The van der Waals surface area contributed by atoms with Gasteiger partial charge < -0.3 is 20.3 Å². The summed E-state index contributed by atoms with van der Waals surface area (Å²) in [4.78, 5) is 36.3. The lowest BCUT2D eigenvalue weighted by atomic mass is 9.98. The second-order valence-electron chi connectivity index (χ2n) is 5.94. The molecule has 0 aliphatic carbocycles. The number of carbonyl (C=O) groups excluding carboxylic acids is 3. The summed E-state index contributed by atoms with van der Waals surface area (Å²) in [6, 6.07) is 5.26. The van der Waals surface area contributed by atoms with Crippen molar-refractivity contribution in [1.82, 2.24) is 10.2 Å². The molecule has 1 aromatic carbocycles. The number of amides is 3. The molecule has 2 aliphatic rings. The standard InChI is InChI=1S/C16H19N3O4/c1-9(17-16(22)12-6-19(7-12)10(2)20)11-3-4-14-13(5-11)18-15(21)8-23-14/h3-5,9,12H,6-8H2,1-2H3,(H,17,22)(H,18,21). The van der Waals surface area contributed by atoms with Crippen molar-refractivity contribution in [1.29, 1.82) is 0 Å². The first-order valence-corrected chi connectivity index (χ1v) is 7.56. The highest BCUT2D eigenvalue weighted by molar-refractivity contribution is 5.95.